The SMILES string of the molecule is CCCCC(CC)(C(=O)OC)C1CCC(CCC)CC1. The first-order chi connectivity index (χ1) is 9.64. The number of methoxy groups -OCH3 is 1. The number of carbonyl (C=O) groups excluding carboxylic acids is 1. The number of hydrogen-bond donors (Lipinski definition) is 0. The fraction of sp³-hybridized carbons (Fsp3) is 0.944. The maximum absolute atomic E-state index is 12.5. The molecule has 118 valence electrons. The normalized spacial score (nSPS) is 26.0. The van der Waals surface area contributed by atoms with E-state index < -0.39 is 0 Å². The van der Waals surface area contributed by atoms with Crippen molar-refractivity contribution in [1.29, 1.82) is 0 Å². The first kappa shape index (κ1) is 17.5. The summed E-state index contributed by atoms with van der Waals surface area (Å²) in [4.78, 5) is 12.5. The molecule has 2 nitrogen and oxygen atoms in total. The minimum atomic E-state index is -0.206. The summed E-state index contributed by atoms with van der Waals surface area (Å²) in [6.45, 7) is 6.65. The van der Waals surface area contributed by atoms with Gasteiger partial charge in [0.15, 0.2) is 0 Å². The molecular weight excluding hydrogens is 248 g/mol. The Balaban J connectivity index is 2.75. The Morgan fingerprint density at radius 1 is 1.10 bits per heavy atom. The van der Waals surface area contributed by atoms with Crippen LogP contribution in [0.25, 0.3) is 0 Å². The van der Waals surface area contributed by atoms with E-state index >= 15 is 0 Å². The Bertz CT molecular complexity index is 279. The zero-order valence-corrected chi connectivity index (χ0v) is 14.0. The average Bonchev–Trinajstić information content (AvgIpc) is 2.49. The van der Waals surface area contributed by atoms with Crippen molar-refractivity contribution in [3.05, 3.63) is 0 Å². The van der Waals surface area contributed by atoms with E-state index in [2.05, 4.69) is 20.8 Å². The van der Waals surface area contributed by atoms with Gasteiger partial charge in [0.1, 0.15) is 0 Å². The van der Waals surface area contributed by atoms with Gasteiger partial charge in [0.05, 0.1) is 12.5 Å². The minimum Gasteiger partial charge on any atom is -0.469 e. The lowest BCUT2D eigenvalue weighted by atomic mass is 9.63. The molecule has 0 radical (unpaired) electrons. The van der Waals surface area contributed by atoms with Crippen molar-refractivity contribution in [2.24, 2.45) is 17.3 Å². The van der Waals surface area contributed by atoms with Crippen molar-refractivity contribution in [2.75, 3.05) is 7.11 Å². The summed E-state index contributed by atoms with van der Waals surface area (Å²) in [5.74, 6) is 1.49. The Hall–Kier alpha value is -0.530. The molecule has 0 bridgehead atoms. The van der Waals surface area contributed by atoms with Gasteiger partial charge in [-0.1, -0.05) is 59.3 Å². The summed E-state index contributed by atoms with van der Waals surface area (Å²) < 4.78 is 5.19. The van der Waals surface area contributed by atoms with Gasteiger partial charge in [-0.2, -0.15) is 0 Å². The molecule has 0 aromatic heterocycles. The first-order valence-corrected chi connectivity index (χ1v) is 8.72. The molecule has 20 heavy (non-hydrogen) atoms. The molecule has 0 aliphatic heterocycles. The third kappa shape index (κ3) is 3.99. The van der Waals surface area contributed by atoms with Crippen LogP contribution >= 0.6 is 0 Å². The lowest BCUT2D eigenvalue weighted by Crippen LogP contribution is -2.41. The number of esters is 1. The zero-order valence-electron chi connectivity index (χ0n) is 14.0. The van der Waals surface area contributed by atoms with E-state index in [1.165, 1.54) is 38.5 Å². The molecule has 0 spiro atoms. The van der Waals surface area contributed by atoms with Crippen LogP contribution in [0.3, 0.4) is 0 Å². The van der Waals surface area contributed by atoms with E-state index in [9.17, 15) is 4.79 Å². The van der Waals surface area contributed by atoms with E-state index in [1.807, 2.05) is 0 Å². The van der Waals surface area contributed by atoms with Crippen molar-refractivity contribution < 1.29 is 9.53 Å². The van der Waals surface area contributed by atoms with Crippen LogP contribution in [-0.2, 0) is 9.53 Å². The highest BCUT2D eigenvalue weighted by Crippen LogP contribution is 2.47. The monoisotopic (exact) mass is 282 g/mol. The van der Waals surface area contributed by atoms with Crippen LogP contribution in [0.15, 0.2) is 0 Å². The first-order valence-electron chi connectivity index (χ1n) is 8.72. The third-order valence-corrected chi connectivity index (χ3v) is 5.52. The second-order valence-corrected chi connectivity index (χ2v) is 6.61. The summed E-state index contributed by atoms with van der Waals surface area (Å²) in [5, 5.41) is 0. The number of ether oxygens (including phenoxy) is 1. The van der Waals surface area contributed by atoms with E-state index in [1.54, 1.807) is 7.11 Å². The summed E-state index contributed by atoms with van der Waals surface area (Å²) in [7, 11) is 1.56. The van der Waals surface area contributed by atoms with Gasteiger partial charge in [-0.25, -0.2) is 0 Å². The standard InChI is InChI=1S/C18H34O2/c1-5-8-14-18(7-3,17(19)20-4)16-12-10-15(9-6-2)11-13-16/h15-16H,5-14H2,1-4H3. The van der Waals surface area contributed by atoms with E-state index in [0.717, 1.165) is 31.6 Å². The molecular formula is C18H34O2. The lowest BCUT2D eigenvalue weighted by Gasteiger charge is -2.41. The summed E-state index contributed by atoms with van der Waals surface area (Å²) in [6, 6.07) is 0. The van der Waals surface area contributed by atoms with Gasteiger partial charge >= 0.3 is 5.97 Å². The van der Waals surface area contributed by atoms with Gasteiger partial charge in [0.2, 0.25) is 0 Å². The maximum Gasteiger partial charge on any atom is 0.312 e. The van der Waals surface area contributed by atoms with Gasteiger partial charge in [-0.3, -0.25) is 4.79 Å². The van der Waals surface area contributed by atoms with Crippen molar-refractivity contribution in [2.45, 2.75) is 85.0 Å². The van der Waals surface area contributed by atoms with Crippen molar-refractivity contribution in [3.63, 3.8) is 0 Å². The topological polar surface area (TPSA) is 26.3 Å². The van der Waals surface area contributed by atoms with Gasteiger partial charge in [0.25, 0.3) is 0 Å². The average molecular weight is 282 g/mol. The molecule has 1 rings (SSSR count). The maximum atomic E-state index is 12.5. The van der Waals surface area contributed by atoms with Crippen LogP contribution in [0.2, 0.25) is 0 Å². The highest BCUT2D eigenvalue weighted by atomic mass is 16.5. The van der Waals surface area contributed by atoms with Crippen molar-refractivity contribution in [3.8, 4) is 0 Å². The molecule has 1 unspecified atom stereocenters. The van der Waals surface area contributed by atoms with Crippen molar-refractivity contribution >= 4 is 5.97 Å². The Morgan fingerprint density at radius 2 is 1.75 bits per heavy atom. The van der Waals surface area contributed by atoms with Crippen LogP contribution in [-0.4, -0.2) is 13.1 Å². The fourth-order valence-electron chi connectivity index (χ4n) is 4.19. The largest absolute Gasteiger partial charge is 0.469 e. The molecule has 0 saturated heterocycles. The predicted octanol–water partition coefficient (Wildman–Crippen LogP) is 5.35. The van der Waals surface area contributed by atoms with E-state index in [0.29, 0.717) is 5.92 Å². The molecule has 1 aliphatic carbocycles. The Kier molecular flexibility index (Phi) is 7.61. The second-order valence-electron chi connectivity index (χ2n) is 6.61. The molecule has 1 aliphatic rings. The highest BCUT2D eigenvalue weighted by molar-refractivity contribution is 5.77. The zero-order chi connectivity index (χ0) is 15.0. The van der Waals surface area contributed by atoms with Gasteiger partial charge in [-0.15, -0.1) is 0 Å². The van der Waals surface area contributed by atoms with Gasteiger partial charge < -0.3 is 4.74 Å². The van der Waals surface area contributed by atoms with Crippen LogP contribution in [0.1, 0.15) is 85.0 Å². The molecule has 2 heteroatoms. The van der Waals surface area contributed by atoms with E-state index in [4.69, 9.17) is 4.74 Å². The molecule has 1 atom stereocenters. The number of carbonyl (C=O) groups is 1. The quantitative estimate of drug-likeness (QED) is 0.561. The Labute approximate surface area is 125 Å². The van der Waals surface area contributed by atoms with Gasteiger partial charge in [0, 0.05) is 0 Å². The number of rotatable bonds is 8. The molecule has 0 N–H and O–H groups in total. The molecule has 0 heterocycles. The van der Waals surface area contributed by atoms with E-state index in [-0.39, 0.29) is 11.4 Å². The van der Waals surface area contributed by atoms with Crippen LogP contribution < -0.4 is 0 Å². The van der Waals surface area contributed by atoms with Crippen molar-refractivity contribution in [1.82, 2.24) is 0 Å². The molecule has 0 amide bonds. The van der Waals surface area contributed by atoms with Gasteiger partial charge in [-0.05, 0) is 37.5 Å². The van der Waals surface area contributed by atoms with Crippen LogP contribution in [0, 0.1) is 17.3 Å². The predicted molar refractivity (Wildman–Crippen MR) is 84.6 cm³/mol. The number of unbranched alkanes of at least 4 members (excludes halogenated alkanes) is 1. The lowest BCUT2D eigenvalue weighted by molar-refractivity contribution is -0.159. The fourth-order valence-corrected chi connectivity index (χ4v) is 4.19. The van der Waals surface area contributed by atoms with Crippen LogP contribution in [0.5, 0.6) is 0 Å². The highest BCUT2D eigenvalue weighted by Gasteiger charge is 2.45. The van der Waals surface area contributed by atoms with Crippen LogP contribution in [0.4, 0.5) is 0 Å². The molecule has 0 aromatic rings. The summed E-state index contributed by atoms with van der Waals surface area (Å²) in [5.41, 5.74) is -0.206. The molecule has 1 fully saturated rings. The molecule has 0 aromatic carbocycles. The summed E-state index contributed by atoms with van der Waals surface area (Å²) in [6.07, 6.45) is 11.9. The minimum absolute atomic E-state index is 0.0485. The molecule has 1 saturated carbocycles. The third-order valence-electron chi connectivity index (χ3n) is 5.52. The smallest absolute Gasteiger partial charge is 0.312 e. The second kappa shape index (κ2) is 8.69. The number of hydrogen-bond acceptors (Lipinski definition) is 2. The Morgan fingerprint density at radius 3 is 2.20 bits per heavy atom. The summed E-state index contributed by atoms with van der Waals surface area (Å²) >= 11 is 0.